The molecule has 380 valence electrons. The second-order valence-electron chi connectivity index (χ2n) is 22.1. The molecular weight excluding hydrogens is 969 g/mol. The number of hydrogen-bond acceptors (Lipinski definition) is 3. The van der Waals surface area contributed by atoms with Crippen molar-refractivity contribution in [3.05, 3.63) is 289 Å². The summed E-state index contributed by atoms with van der Waals surface area (Å²) in [5, 5.41) is 9.96. The van der Waals surface area contributed by atoms with Gasteiger partial charge in [-0.25, -0.2) is 0 Å². The third-order valence-corrected chi connectivity index (χ3v) is 17.1. The number of nitrogens with zero attached hydrogens (tertiary/aromatic N) is 2. The normalized spacial score (nSPS) is 12.6. The van der Waals surface area contributed by atoms with Crippen molar-refractivity contribution in [1.82, 2.24) is 0 Å². The van der Waals surface area contributed by atoms with Crippen LogP contribution in [0.1, 0.15) is 36.1 Å². The average molecular weight is 1030 g/mol. The molecule has 0 saturated heterocycles. The van der Waals surface area contributed by atoms with Gasteiger partial charge in [0.1, 0.15) is 11.2 Å². The van der Waals surface area contributed by atoms with Gasteiger partial charge in [-0.15, -0.1) is 0 Å². The van der Waals surface area contributed by atoms with Crippen LogP contribution in [0.25, 0.3) is 98.8 Å². The van der Waals surface area contributed by atoms with Crippen molar-refractivity contribution in [1.29, 1.82) is 0 Å². The molecule has 0 N–H and O–H groups in total. The van der Waals surface area contributed by atoms with Crippen molar-refractivity contribution in [3.8, 4) is 44.5 Å². The minimum Gasteiger partial charge on any atom is -0.455 e. The van der Waals surface area contributed by atoms with Gasteiger partial charge in [0.15, 0.2) is 0 Å². The summed E-state index contributed by atoms with van der Waals surface area (Å²) in [6.45, 7) is 9.26. The molecule has 1 aromatic heterocycles. The fourth-order valence-electron chi connectivity index (χ4n) is 13.1. The Kier molecular flexibility index (Phi) is 11.0. The van der Waals surface area contributed by atoms with Crippen LogP contribution in [0.5, 0.6) is 0 Å². The van der Waals surface area contributed by atoms with Crippen molar-refractivity contribution in [2.75, 3.05) is 9.80 Å². The number of rotatable bonds is 9. The van der Waals surface area contributed by atoms with Gasteiger partial charge in [-0.2, -0.15) is 0 Å². The molecule has 0 spiro atoms. The lowest BCUT2D eigenvalue weighted by molar-refractivity contribution is 0.660. The SMILES string of the molecule is Cc1cc(-c2cccc3c2oc2ccccc23)ccc1-c1ccc(N(c2ccc(-c3ccc4c5ccccc5c5ccccc5c4c3)cc2)c2ccc3c(c2)C(C)(C)c2cc(N(c4ccccc4)c4ccccc4)ccc2-3)cc1C. The lowest BCUT2D eigenvalue weighted by Gasteiger charge is -2.29. The summed E-state index contributed by atoms with van der Waals surface area (Å²) in [5.41, 5.74) is 22.9. The summed E-state index contributed by atoms with van der Waals surface area (Å²) in [7, 11) is 0. The Morgan fingerprint density at radius 3 is 1.29 bits per heavy atom. The largest absolute Gasteiger partial charge is 0.455 e. The van der Waals surface area contributed by atoms with Gasteiger partial charge in [0.2, 0.25) is 0 Å². The van der Waals surface area contributed by atoms with Crippen LogP contribution in [0, 0.1) is 13.8 Å². The second kappa shape index (κ2) is 18.6. The second-order valence-corrected chi connectivity index (χ2v) is 22.1. The first-order valence-corrected chi connectivity index (χ1v) is 27.8. The van der Waals surface area contributed by atoms with Gasteiger partial charge in [0.25, 0.3) is 0 Å². The van der Waals surface area contributed by atoms with Crippen LogP contribution < -0.4 is 9.80 Å². The topological polar surface area (TPSA) is 19.6 Å². The van der Waals surface area contributed by atoms with Crippen molar-refractivity contribution in [3.63, 3.8) is 0 Å². The number of aryl methyl sites for hydroxylation is 2. The Balaban J connectivity index is 0.825. The highest BCUT2D eigenvalue weighted by atomic mass is 16.3. The van der Waals surface area contributed by atoms with E-state index in [9.17, 15) is 0 Å². The number of benzene rings is 13. The van der Waals surface area contributed by atoms with E-state index >= 15 is 0 Å². The Bertz CT molecular complexity index is 4690. The highest BCUT2D eigenvalue weighted by Gasteiger charge is 2.37. The highest BCUT2D eigenvalue weighted by Crippen LogP contribution is 2.53. The maximum Gasteiger partial charge on any atom is 0.143 e. The number of furan rings is 1. The van der Waals surface area contributed by atoms with E-state index in [4.69, 9.17) is 4.42 Å². The molecule has 0 aliphatic heterocycles. The number of para-hydroxylation sites is 4. The Morgan fingerprint density at radius 2 is 0.700 bits per heavy atom. The molecule has 0 fully saturated rings. The molecule has 0 atom stereocenters. The number of fused-ring (bicyclic) bond motifs is 12. The zero-order valence-electron chi connectivity index (χ0n) is 45.2. The molecule has 0 unspecified atom stereocenters. The zero-order chi connectivity index (χ0) is 53.6. The van der Waals surface area contributed by atoms with Crippen molar-refractivity contribution in [2.24, 2.45) is 0 Å². The van der Waals surface area contributed by atoms with E-state index in [2.05, 4.69) is 298 Å². The van der Waals surface area contributed by atoms with E-state index in [-0.39, 0.29) is 5.41 Å². The van der Waals surface area contributed by atoms with E-state index in [1.165, 1.54) is 88.0 Å². The Hall–Kier alpha value is -9.96. The van der Waals surface area contributed by atoms with Gasteiger partial charge in [-0.05, 0) is 192 Å². The molecule has 0 bridgehead atoms. The molecule has 80 heavy (non-hydrogen) atoms. The third kappa shape index (κ3) is 7.64. The standard InChI is InChI=1S/C77H56N2O/c1-49-44-53(62-27-17-28-71-70-26-15-16-29-75(70)80-76(62)71)33-39-60(49)61-41-36-57(45-50(61)2)79(56-34-30-51(31-35-56)52-32-40-67-65-24-12-11-22-63(65)64-23-13-14-25-66(64)72(67)46-52)59-38-43-69-68-42-37-58(47-73(68)77(3,4)74(69)48-59)78(54-18-7-5-8-19-54)55-20-9-6-10-21-55/h5-48H,1-4H3. The van der Waals surface area contributed by atoms with Gasteiger partial charge in [0, 0.05) is 55.9 Å². The van der Waals surface area contributed by atoms with Crippen molar-refractivity contribution >= 4 is 88.4 Å². The van der Waals surface area contributed by atoms with Gasteiger partial charge >= 0.3 is 0 Å². The summed E-state index contributed by atoms with van der Waals surface area (Å²) in [4.78, 5) is 4.81. The zero-order valence-corrected chi connectivity index (χ0v) is 45.2. The molecule has 0 radical (unpaired) electrons. The molecule has 14 aromatic rings. The summed E-state index contributed by atoms with van der Waals surface area (Å²) in [6.07, 6.45) is 0. The quantitative estimate of drug-likeness (QED) is 0.134. The minimum absolute atomic E-state index is 0.282. The lowest BCUT2D eigenvalue weighted by atomic mass is 9.82. The average Bonchev–Trinajstić information content (AvgIpc) is 4.01. The number of hydrogen-bond donors (Lipinski definition) is 0. The molecule has 1 aliphatic carbocycles. The fourth-order valence-corrected chi connectivity index (χ4v) is 13.1. The fraction of sp³-hybridized carbons (Fsp3) is 0.0649. The third-order valence-electron chi connectivity index (χ3n) is 17.1. The van der Waals surface area contributed by atoms with E-state index in [0.29, 0.717) is 0 Å². The summed E-state index contributed by atoms with van der Waals surface area (Å²) >= 11 is 0. The maximum absolute atomic E-state index is 6.48. The van der Waals surface area contributed by atoms with E-state index < -0.39 is 0 Å². The Labute approximate surface area is 466 Å². The Morgan fingerprint density at radius 1 is 0.275 bits per heavy atom. The smallest absolute Gasteiger partial charge is 0.143 e. The summed E-state index contributed by atoms with van der Waals surface area (Å²) < 4.78 is 6.48. The van der Waals surface area contributed by atoms with E-state index in [0.717, 1.165) is 67.2 Å². The summed E-state index contributed by atoms with van der Waals surface area (Å²) in [5.74, 6) is 0. The molecule has 13 aromatic carbocycles. The number of anilines is 6. The van der Waals surface area contributed by atoms with Gasteiger partial charge in [-0.1, -0.05) is 196 Å². The molecule has 1 heterocycles. The van der Waals surface area contributed by atoms with Crippen LogP contribution >= 0.6 is 0 Å². The first kappa shape index (κ1) is 47.3. The van der Waals surface area contributed by atoms with Crippen LogP contribution in [0.2, 0.25) is 0 Å². The molecule has 0 saturated carbocycles. The van der Waals surface area contributed by atoms with Crippen molar-refractivity contribution in [2.45, 2.75) is 33.1 Å². The maximum atomic E-state index is 6.48. The molecule has 3 heteroatoms. The minimum atomic E-state index is -0.282. The first-order valence-electron chi connectivity index (χ1n) is 27.8. The van der Waals surface area contributed by atoms with Crippen molar-refractivity contribution < 1.29 is 4.42 Å². The monoisotopic (exact) mass is 1020 g/mol. The van der Waals surface area contributed by atoms with Crippen LogP contribution in [-0.2, 0) is 5.41 Å². The van der Waals surface area contributed by atoms with Gasteiger partial charge < -0.3 is 14.2 Å². The summed E-state index contributed by atoms with van der Waals surface area (Å²) in [6, 6.07) is 98.0. The predicted octanol–water partition coefficient (Wildman–Crippen LogP) is 21.9. The lowest BCUT2D eigenvalue weighted by Crippen LogP contribution is -2.17. The highest BCUT2D eigenvalue weighted by molar-refractivity contribution is 6.25. The van der Waals surface area contributed by atoms with E-state index in [1.807, 2.05) is 6.07 Å². The molecule has 0 amide bonds. The van der Waals surface area contributed by atoms with E-state index in [1.54, 1.807) is 0 Å². The molecule has 3 nitrogen and oxygen atoms in total. The van der Waals surface area contributed by atoms with Crippen LogP contribution in [-0.4, -0.2) is 0 Å². The molecule has 15 rings (SSSR count). The van der Waals surface area contributed by atoms with Gasteiger partial charge in [0.05, 0.1) is 0 Å². The molecule has 1 aliphatic rings. The first-order chi connectivity index (χ1) is 39.2. The van der Waals surface area contributed by atoms with Crippen LogP contribution in [0.4, 0.5) is 34.1 Å². The van der Waals surface area contributed by atoms with Crippen LogP contribution in [0.3, 0.4) is 0 Å². The molecular formula is C77H56N2O. The van der Waals surface area contributed by atoms with Crippen LogP contribution in [0.15, 0.2) is 271 Å². The predicted molar refractivity (Wildman–Crippen MR) is 339 cm³/mol. The van der Waals surface area contributed by atoms with Gasteiger partial charge in [-0.3, -0.25) is 0 Å².